The van der Waals surface area contributed by atoms with Crippen LogP contribution in [0.25, 0.3) is 11.0 Å². The Kier molecular flexibility index (Phi) is 6.26. The summed E-state index contributed by atoms with van der Waals surface area (Å²) < 4.78 is 35.3. The van der Waals surface area contributed by atoms with Gasteiger partial charge in [0.05, 0.1) is 35.7 Å². The van der Waals surface area contributed by atoms with Crippen LogP contribution < -0.4 is 0 Å². The van der Waals surface area contributed by atoms with Crippen LogP contribution in [0.1, 0.15) is 42.8 Å². The van der Waals surface area contributed by atoms with Crippen molar-refractivity contribution in [3.63, 3.8) is 0 Å². The summed E-state index contributed by atoms with van der Waals surface area (Å²) in [6.45, 7) is 5.27. The summed E-state index contributed by atoms with van der Waals surface area (Å²) in [6, 6.07) is 14.5. The summed E-state index contributed by atoms with van der Waals surface area (Å²) in [6.07, 6.45) is 3.48. The van der Waals surface area contributed by atoms with Crippen molar-refractivity contribution in [1.82, 2.24) is 18.8 Å². The Labute approximate surface area is 196 Å². The number of nitrogens with zero attached hydrogens (tertiary/aromatic N) is 4. The number of imidazole rings is 1. The second-order valence-corrected chi connectivity index (χ2v) is 10.9. The quantitative estimate of drug-likeness (QED) is 0.553. The third-order valence-electron chi connectivity index (χ3n) is 6.98. The van der Waals surface area contributed by atoms with Crippen molar-refractivity contribution in [3.8, 4) is 0 Å². The van der Waals surface area contributed by atoms with E-state index in [0.717, 1.165) is 36.2 Å². The van der Waals surface area contributed by atoms with Crippen molar-refractivity contribution in [2.24, 2.45) is 0 Å². The van der Waals surface area contributed by atoms with Crippen LogP contribution in [0.3, 0.4) is 0 Å². The molecule has 0 spiro atoms. The molecule has 1 aliphatic heterocycles. The molecule has 1 aromatic heterocycles. The monoisotopic (exact) mass is 468 g/mol. The highest BCUT2D eigenvalue weighted by atomic mass is 32.2. The molecule has 2 heterocycles. The zero-order valence-electron chi connectivity index (χ0n) is 19.4. The number of fused-ring (bicyclic) bond motifs is 2. The van der Waals surface area contributed by atoms with E-state index in [-0.39, 0.29) is 0 Å². The fourth-order valence-corrected chi connectivity index (χ4v) is 6.68. The standard InChI is InChI=1S/C25H32N4O3S/c1-3-29-24-12-11-20(33(30,31)28-13-15-32-16-14-28)17-22(24)26-25(29)18-27(2)23-10-6-8-19-7-4-5-9-21(19)23/h4-5,7,9,11-12,17,23H,3,6,8,10,13-16,18H2,1-2H3/t23-/m1/s1. The molecule has 0 saturated carbocycles. The Morgan fingerprint density at radius 3 is 2.73 bits per heavy atom. The van der Waals surface area contributed by atoms with Crippen LogP contribution in [0.4, 0.5) is 0 Å². The summed E-state index contributed by atoms with van der Waals surface area (Å²) in [5.41, 5.74) is 4.58. The molecule has 1 saturated heterocycles. The number of ether oxygens (including phenoxy) is 1. The number of hydrogen-bond acceptors (Lipinski definition) is 5. The van der Waals surface area contributed by atoms with Gasteiger partial charge in [-0.1, -0.05) is 24.3 Å². The smallest absolute Gasteiger partial charge is 0.243 e. The van der Waals surface area contributed by atoms with Crippen molar-refractivity contribution in [2.75, 3.05) is 33.4 Å². The van der Waals surface area contributed by atoms with E-state index in [9.17, 15) is 8.42 Å². The van der Waals surface area contributed by atoms with Gasteiger partial charge >= 0.3 is 0 Å². The van der Waals surface area contributed by atoms with Gasteiger partial charge in [0.1, 0.15) is 5.82 Å². The van der Waals surface area contributed by atoms with E-state index in [1.807, 2.05) is 6.07 Å². The Morgan fingerprint density at radius 2 is 1.94 bits per heavy atom. The summed E-state index contributed by atoms with van der Waals surface area (Å²) in [5, 5.41) is 0. The lowest BCUT2D eigenvalue weighted by atomic mass is 9.87. The summed E-state index contributed by atoms with van der Waals surface area (Å²) >= 11 is 0. The van der Waals surface area contributed by atoms with Gasteiger partial charge in [-0.15, -0.1) is 0 Å². The minimum Gasteiger partial charge on any atom is -0.379 e. The summed E-state index contributed by atoms with van der Waals surface area (Å²) in [7, 11) is -1.38. The molecule has 0 amide bonds. The first-order valence-electron chi connectivity index (χ1n) is 11.8. The Hall–Kier alpha value is -2.26. The maximum atomic E-state index is 13.1. The Bertz CT molecular complexity index is 1250. The lowest BCUT2D eigenvalue weighted by Crippen LogP contribution is -2.40. The van der Waals surface area contributed by atoms with Crippen LogP contribution in [0.2, 0.25) is 0 Å². The molecule has 0 unspecified atom stereocenters. The molecule has 1 aliphatic carbocycles. The van der Waals surface area contributed by atoms with E-state index < -0.39 is 10.0 Å². The first-order valence-corrected chi connectivity index (χ1v) is 13.3. The zero-order chi connectivity index (χ0) is 23.0. The molecule has 8 heteroatoms. The fraction of sp³-hybridized carbons (Fsp3) is 0.480. The van der Waals surface area contributed by atoms with Crippen LogP contribution in [-0.4, -0.2) is 60.5 Å². The SMILES string of the molecule is CCn1c(CN(C)[C@@H]2CCCc3ccccc32)nc2cc(S(=O)(=O)N3CCOCC3)ccc21. The van der Waals surface area contributed by atoms with Crippen molar-refractivity contribution in [3.05, 3.63) is 59.4 Å². The van der Waals surface area contributed by atoms with Crippen LogP contribution in [0.5, 0.6) is 0 Å². The molecular formula is C25H32N4O3S. The fourth-order valence-electron chi connectivity index (χ4n) is 5.25. The van der Waals surface area contributed by atoms with Gasteiger partial charge in [-0.05, 0) is 62.6 Å². The van der Waals surface area contributed by atoms with Gasteiger partial charge in [0, 0.05) is 25.7 Å². The molecule has 7 nitrogen and oxygen atoms in total. The molecule has 33 heavy (non-hydrogen) atoms. The minimum absolute atomic E-state index is 0.304. The Balaban J connectivity index is 1.44. The first-order chi connectivity index (χ1) is 16.0. The largest absolute Gasteiger partial charge is 0.379 e. The number of benzene rings is 2. The predicted molar refractivity (Wildman–Crippen MR) is 129 cm³/mol. The lowest BCUT2D eigenvalue weighted by molar-refractivity contribution is 0.0730. The second-order valence-electron chi connectivity index (χ2n) is 8.96. The third kappa shape index (κ3) is 4.21. The van der Waals surface area contributed by atoms with Gasteiger partial charge in [-0.25, -0.2) is 13.4 Å². The van der Waals surface area contributed by atoms with Crippen LogP contribution in [0.15, 0.2) is 47.4 Å². The average Bonchev–Trinajstić information content (AvgIpc) is 3.20. The molecular weight excluding hydrogens is 436 g/mol. The van der Waals surface area contributed by atoms with Crippen molar-refractivity contribution in [1.29, 1.82) is 0 Å². The number of morpholine rings is 1. The number of sulfonamides is 1. The second kappa shape index (κ2) is 9.18. The number of aromatic nitrogens is 2. The maximum absolute atomic E-state index is 13.1. The topological polar surface area (TPSA) is 67.7 Å². The van der Waals surface area contributed by atoms with E-state index in [4.69, 9.17) is 9.72 Å². The van der Waals surface area contributed by atoms with Gasteiger partial charge in [0.15, 0.2) is 0 Å². The van der Waals surface area contributed by atoms with Crippen LogP contribution >= 0.6 is 0 Å². The molecule has 176 valence electrons. The molecule has 3 aromatic rings. The highest BCUT2D eigenvalue weighted by Crippen LogP contribution is 2.34. The predicted octanol–water partition coefficient (Wildman–Crippen LogP) is 3.59. The summed E-state index contributed by atoms with van der Waals surface area (Å²) in [4.78, 5) is 7.60. The van der Waals surface area contributed by atoms with Crippen molar-refractivity contribution < 1.29 is 13.2 Å². The maximum Gasteiger partial charge on any atom is 0.243 e. The average molecular weight is 469 g/mol. The number of rotatable bonds is 6. The molecule has 0 N–H and O–H groups in total. The van der Waals surface area contributed by atoms with Gasteiger partial charge in [0.25, 0.3) is 0 Å². The van der Waals surface area contributed by atoms with Crippen molar-refractivity contribution >= 4 is 21.1 Å². The molecule has 5 rings (SSSR count). The van der Waals surface area contributed by atoms with Crippen LogP contribution in [-0.2, 0) is 34.3 Å². The van der Waals surface area contributed by atoms with Crippen molar-refractivity contribution in [2.45, 2.75) is 50.2 Å². The zero-order valence-corrected chi connectivity index (χ0v) is 20.2. The van der Waals surface area contributed by atoms with Gasteiger partial charge in [-0.3, -0.25) is 4.90 Å². The molecule has 2 aliphatic rings. The molecule has 2 aromatic carbocycles. The molecule has 1 fully saturated rings. The first kappa shape index (κ1) is 22.5. The van der Waals surface area contributed by atoms with E-state index in [1.54, 1.807) is 12.1 Å². The van der Waals surface area contributed by atoms with Gasteiger partial charge < -0.3 is 9.30 Å². The summed E-state index contributed by atoms with van der Waals surface area (Å²) in [5.74, 6) is 0.971. The van der Waals surface area contributed by atoms with E-state index >= 15 is 0 Å². The molecule has 0 radical (unpaired) electrons. The normalized spacial score (nSPS) is 19.8. The Morgan fingerprint density at radius 1 is 1.15 bits per heavy atom. The number of hydrogen-bond donors (Lipinski definition) is 0. The lowest BCUT2D eigenvalue weighted by Gasteiger charge is -2.33. The van der Waals surface area contributed by atoms with E-state index in [2.05, 4.69) is 47.7 Å². The van der Waals surface area contributed by atoms with Gasteiger partial charge in [-0.2, -0.15) is 4.31 Å². The minimum atomic E-state index is -3.54. The van der Waals surface area contributed by atoms with E-state index in [0.29, 0.717) is 43.8 Å². The number of aryl methyl sites for hydroxylation is 2. The van der Waals surface area contributed by atoms with Crippen LogP contribution in [0, 0.1) is 0 Å². The third-order valence-corrected chi connectivity index (χ3v) is 8.88. The highest BCUT2D eigenvalue weighted by Gasteiger charge is 2.28. The molecule has 0 bridgehead atoms. The van der Waals surface area contributed by atoms with Gasteiger partial charge in [0.2, 0.25) is 10.0 Å². The highest BCUT2D eigenvalue weighted by molar-refractivity contribution is 7.89. The van der Waals surface area contributed by atoms with E-state index in [1.165, 1.54) is 21.9 Å². The molecule has 1 atom stereocenters.